The van der Waals surface area contributed by atoms with Crippen molar-refractivity contribution in [2.24, 2.45) is 5.92 Å². The van der Waals surface area contributed by atoms with E-state index in [0.29, 0.717) is 16.8 Å². The van der Waals surface area contributed by atoms with E-state index in [1.807, 2.05) is 32.2 Å². The molecule has 1 saturated carbocycles. The zero-order valence-corrected chi connectivity index (χ0v) is 21.8. The topological polar surface area (TPSA) is 58.2 Å². The molecule has 0 radical (unpaired) electrons. The van der Waals surface area contributed by atoms with Gasteiger partial charge >= 0.3 is 0 Å². The molecule has 1 fully saturated rings. The van der Waals surface area contributed by atoms with Crippen molar-refractivity contribution >= 4 is 69.5 Å². The van der Waals surface area contributed by atoms with Gasteiger partial charge in [0, 0.05) is 36.3 Å². The molecular weight excluding hydrogens is 533 g/mol. The Hall–Kier alpha value is -2.31. The fourth-order valence-corrected chi connectivity index (χ4v) is 5.37. The molecule has 1 aliphatic carbocycles. The molecule has 0 bridgehead atoms. The number of alkyl halides is 2. The molecule has 182 valence electrons. The minimum absolute atomic E-state index is 0.0746. The number of Topliss-reactive ketones (excluding diaryl/α,β-unsaturated/α-hetero) is 1. The van der Waals surface area contributed by atoms with E-state index in [1.54, 1.807) is 12.1 Å². The molecular formula is C26H21Cl4FN2O2. The van der Waals surface area contributed by atoms with Gasteiger partial charge in [0.25, 0.3) is 0 Å². The molecule has 0 spiro atoms. The van der Waals surface area contributed by atoms with E-state index in [0.717, 1.165) is 16.8 Å². The summed E-state index contributed by atoms with van der Waals surface area (Å²) < 4.78 is 12.2. The van der Waals surface area contributed by atoms with Crippen LogP contribution in [0.15, 0.2) is 54.6 Å². The third-order valence-electron chi connectivity index (χ3n) is 6.16. The van der Waals surface area contributed by atoms with Gasteiger partial charge in [0.1, 0.15) is 10.2 Å². The standard InChI is InChI=1S/C26H21Cl4FN2O2/c1-13-9-16(32-2)5-3-14(13)11-22(34)18-12-17(6-7-19(18)27)33-25(35)24-23(26(24,29)30)15-4-8-21(31)20(28)10-15/h3-10,12,23-24,32H,11H2,1-2H3,(H,33,35). The predicted molar refractivity (Wildman–Crippen MR) is 141 cm³/mol. The highest BCUT2D eigenvalue weighted by atomic mass is 35.5. The Kier molecular flexibility index (Phi) is 7.35. The second-order valence-corrected chi connectivity index (χ2v) is 10.7. The molecule has 0 aliphatic heterocycles. The number of hydrogen-bond donors (Lipinski definition) is 2. The second-order valence-electron chi connectivity index (χ2n) is 8.48. The second kappa shape index (κ2) is 9.98. The Morgan fingerprint density at radius 1 is 0.971 bits per heavy atom. The van der Waals surface area contributed by atoms with Gasteiger partial charge in [-0.3, -0.25) is 9.59 Å². The lowest BCUT2D eigenvalue weighted by Crippen LogP contribution is -2.17. The number of benzene rings is 3. The van der Waals surface area contributed by atoms with Crippen molar-refractivity contribution in [1.29, 1.82) is 0 Å². The van der Waals surface area contributed by atoms with Crippen LogP contribution in [0, 0.1) is 18.7 Å². The van der Waals surface area contributed by atoms with Crippen LogP contribution in [0.3, 0.4) is 0 Å². The molecule has 3 aromatic rings. The van der Waals surface area contributed by atoms with Gasteiger partial charge in [-0.1, -0.05) is 35.3 Å². The van der Waals surface area contributed by atoms with Crippen molar-refractivity contribution in [2.45, 2.75) is 23.6 Å². The number of amides is 1. The number of nitrogens with one attached hydrogen (secondary N) is 2. The maximum absolute atomic E-state index is 13.5. The lowest BCUT2D eigenvalue weighted by molar-refractivity contribution is -0.117. The maximum atomic E-state index is 13.5. The number of rotatable bonds is 7. The first-order chi connectivity index (χ1) is 16.5. The Bertz CT molecular complexity index is 1330. The van der Waals surface area contributed by atoms with E-state index in [4.69, 9.17) is 46.4 Å². The van der Waals surface area contributed by atoms with Crippen LogP contribution in [0.1, 0.15) is 33.0 Å². The number of hydrogen-bond acceptors (Lipinski definition) is 3. The molecule has 0 aromatic heterocycles. The Morgan fingerprint density at radius 2 is 1.69 bits per heavy atom. The molecule has 1 amide bonds. The summed E-state index contributed by atoms with van der Waals surface area (Å²) in [5.41, 5.74) is 4.06. The molecule has 35 heavy (non-hydrogen) atoms. The fraction of sp³-hybridized carbons (Fsp3) is 0.231. The van der Waals surface area contributed by atoms with Crippen molar-refractivity contribution in [1.82, 2.24) is 0 Å². The van der Waals surface area contributed by atoms with E-state index < -0.39 is 27.9 Å². The number of carbonyl (C=O) groups is 2. The summed E-state index contributed by atoms with van der Waals surface area (Å²) in [5, 5.41) is 6.04. The third-order valence-corrected chi connectivity index (χ3v) is 7.71. The van der Waals surface area contributed by atoms with E-state index in [2.05, 4.69) is 10.6 Å². The van der Waals surface area contributed by atoms with Gasteiger partial charge in [-0.05, 0) is 66.1 Å². The quantitative estimate of drug-likeness (QED) is 0.236. The van der Waals surface area contributed by atoms with Crippen LogP contribution < -0.4 is 10.6 Å². The molecule has 4 nitrogen and oxygen atoms in total. The smallest absolute Gasteiger partial charge is 0.231 e. The van der Waals surface area contributed by atoms with Crippen LogP contribution in [-0.4, -0.2) is 23.1 Å². The van der Waals surface area contributed by atoms with Crippen LogP contribution in [0.5, 0.6) is 0 Å². The van der Waals surface area contributed by atoms with E-state index in [1.165, 1.54) is 24.3 Å². The van der Waals surface area contributed by atoms with Crippen molar-refractivity contribution in [3.8, 4) is 0 Å². The minimum Gasteiger partial charge on any atom is -0.388 e. The monoisotopic (exact) mass is 552 g/mol. The summed E-state index contributed by atoms with van der Waals surface area (Å²) in [6.45, 7) is 1.94. The molecule has 9 heteroatoms. The number of halogens is 5. The zero-order chi connectivity index (χ0) is 25.5. The Morgan fingerprint density at radius 3 is 2.34 bits per heavy atom. The van der Waals surface area contributed by atoms with Gasteiger partial charge < -0.3 is 10.6 Å². The number of aryl methyl sites for hydroxylation is 1. The lowest BCUT2D eigenvalue weighted by atomic mass is 9.98. The number of ketones is 1. The van der Waals surface area contributed by atoms with Gasteiger partial charge in [-0.25, -0.2) is 4.39 Å². The normalized spacial score (nSPS) is 18.1. The SMILES string of the molecule is CNc1ccc(CC(=O)c2cc(NC(=O)C3C(c4ccc(F)c(Cl)c4)C3(Cl)Cl)ccc2Cl)c(C)c1. The van der Waals surface area contributed by atoms with Gasteiger partial charge in [-0.2, -0.15) is 0 Å². The largest absolute Gasteiger partial charge is 0.388 e. The molecule has 4 rings (SSSR count). The highest BCUT2D eigenvalue weighted by Crippen LogP contribution is 2.65. The van der Waals surface area contributed by atoms with Crippen molar-refractivity contribution < 1.29 is 14.0 Å². The number of carbonyl (C=O) groups excluding carboxylic acids is 2. The Labute approximate surface area is 222 Å². The first-order valence-corrected chi connectivity index (χ1v) is 12.3. The summed E-state index contributed by atoms with van der Waals surface area (Å²) in [4.78, 5) is 26.0. The molecule has 0 heterocycles. The molecule has 0 saturated heterocycles. The molecule has 1 aliphatic rings. The first kappa shape index (κ1) is 25.8. The summed E-state index contributed by atoms with van der Waals surface area (Å²) in [6, 6.07) is 14.6. The lowest BCUT2D eigenvalue weighted by Gasteiger charge is -2.11. The van der Waals surface area contributed by atoms with Gasteiger partial charge in [-0.15, -0.1) is 23.2 Å². The van der Waals surface area contributed by atoms with Gasteiger partial charge in [0.05, 0.1) is 16.0 Å². The molecule has 2 unspecified atom stereocenters. The highest BCUT2D eigenvalue weighted by molar-refractivity contribution is 6.53. The average molecular weight is 554 g/mol. The van der Waals surface area contributed by atoms with Crippen LogP contribution in [-0.2, 0) is 11.2 Å². The summed E-state index contributed by atoms with van der Waals surface area (Å²) in [7, 11) is 1.83. The molecule has 3 aromatic carbocycles. The van der Waals surface area contributed by atoms with Crippen molar-refractivity contribution in [2.75, 3.05) is 17.7 Å². The van der Waals surface area contributed by atoms with Crippen LogP contribution in [0.25, 0.3) is 0 Å². The van der Waals surface area contributed by atoms with E-state index in [9.17, 15) is 14.0 Å². The molecule has 2 N–H and O–H groups in total. The van der Waals surface area contributed by atoms with Gasteiger partial charge in [0.15, 0.2) is 5.78 Å². The zero-order valence-electron chi connectivity index (χ0n) is 18.8. The van der Waals surface area contributed by atoms with Crippen LogP contribution in [0.2, 0.25) is 10.0 Å². The van der Waals surface area contributed by atoms with Crippen LogP contribution >= 0.6 is 46.4 Å². The fourth-order valence-electron chi connectivity index (χ4n) is 4.13. The predicted octanol–water partition coefficient (Wildman–Crippen LogP) is 7.43. The summed E-state index contributed by atoms with van der Waals surface area (Å²) in [6.07, 6.45) is 0.162. The van der Waals surface area contributed by atoms with E-state index >= 15 is 0 Å². The third kappa shape index (κ3) is 5.29. The van der Waals surface area contributed by atoms with Gasteiger partial charge in [0.2, 0.25) is 5.91 Å². The Balaban J connectivity index is 1.50. The maximum Gasteiger partial charge on any atom is 0.231 e. The van der Waals surface area contributed by atoms with Crippen molar-refractivity contribution in [3.05, 3.63) is 92.7 Å². The summed E-state index contributed by atoms with van der Waals surface area (Å²) in [5.74, 6) is -2.52. The minimum atomic E-state index is -1.37. The molecule has 2 atom stereocenters. The van der Waals surface area contributed by atoms with Crippen LogP contribution in [0.4, 0.5) is 15.8 Å². The number of anilines is 2. The average Bonchev–Trinajstić information content (AvgIpc) is 3.40. The first-order valence-electron chi connectivity index (χ1n) is 10.8. The van der Waals surface area contributed by atoms with Crippen molar-refractivity contribution in [3.63, 3.8) is 0 Å². The summed E-state index contributed by atoms with van der Waals surface area (Å²) >= 11 is 24.9. The van der Waals surface area contributed by atoms with E-state index in [-0.39, 0.29) is 22.2 Å². The highest BCUT2D eigenvalue weighted by Gasteiger charge is 2.67.